The maximum absolute atomic E-state index is 15.3. The Kier molecular flexibility index (Phi) is 9.57. The van der Waals surface area contributed by atoms with Gasteiger partial charge in [0, 0.05) is 42.1 Å². The molecule has 3 heterocycles. The zero-order valence-electron chi connectivity index (χ0n) is 30.5. The number of carbonyl (C=O) groups excluding carboxylic acids is 3. The first kappa shape index (κ1) is 36.1. The number of hydrogen-bond acceptors (Lipinski definition) is 7. The van der Waals surface area contributed by atoms with E-state index in [-0.39, 0.29) is 42.0 Å². The van der Waals surface area contributed by atoms with Gasteiger partial charge in [0.05, 0.1) is 22.6 Å². The van der Waals surface area contributed by atoms with Crippen LogP contribution in [0.25, 0.3) is 28.0 Å². The quantitative estimate of drug-likeness (QED) is 0.160. The normalized spacial score (nSPS) is 14.2. The molecule has 0 saturated heterocycles. The Bertz CT molecular complexity index is 2370. The number of nitrogens with zero attached hydrogens (tertiary/aromatic N) is 7. The highest BCUT2D eigenvalue weighted by Crippen LogP contribution is 2.40. The summed E-state index contributed by atoms with van der Waals surface area (Å²) in [5.41, 5.74) is 1.57. The molecule has 13 heteroatoms. The molecule has 6 aromatic rings. The van der Waals surface area contributed by atoms with E-state index in [4.69, 9.17) is 4.74 Å². The van der Waals surface area contributed by atoms with Crippen LogP contribution >= 0.6 is 0 Å². The van der Waals surface area contributed by atoms with Gasteiger partial charge in [0.15, 0.2) is 23.3 Å². The zero-order valence-corrected chi connectivity index (χ0v) is 30.5. The summed E-state index contributed by atoms with van der Waals surface area (Å²) in [4.78, 5) is 45.6. The number of para-hydroxylation sites is 1. The summed E-state index contributed by atoms with van der Waals surface area (Å²) in [6.07, 6.45) is -0.812. The maximum atomic E-state index is 15.3. The molecular formula is C41H39F2N7O4. The van der Waals surface area contributed by atoms with E-state index >= 15 is 13.6 Å². The van der Waals surface area contributed by atoms with E-state index in [1.54, 1.807) is 74.2 Å². The number of anilines is 1. The largest absolute Gasteiger partial charge is 0.442 e. The lowest BCUT2D eigenvalue weighted by atomic mass is 9.98. The molecule has 2 aromatic heterocycles. The van der Waals surface area contributed by atoms with Crippen molar-refractivity contribution < 1.29 is 27.9 Å². The molecule has 7 rings (SSSR count). The van der Waals surface area contributed by atoms with Crippen LogP contribution in [0.3, 0.4) is 0 Å². The Morgan fingerprint density at radius 2 is 1.50 bits per heavy atom. The number of amides is 2. The molecule has 276 valence electrons. The summed E-state index contributed by atoms with van der Waals surface area (Å²) in [7, 11) is 0. The van der Waals surface area contributed by atoms with Crippen LogP contribution in [-0.2, 0) is 27.3 Å². The Labute approximate surface area is 310 Å². The van der Waals surface area contributed by atoms with E-state index in [2.05, 4.69) is 15.3 Å². The number of aromatic nitrogens is 5. The van der Waals surface area contributed by atoms with Crippen LogP contribution in [0.1, 0.15) is 57.6 Å². The monoisotopic (exact) mass is 731 g/mol. The molecule has 0 radical (unpaired) electrons. The van der Waals surface area contributed by atoms with Crippen molar-refractivity contribution in [3.8, 4) is 17.1 Å². The fourth-order valence-corrected chi connectivity index (χ4v) is 6.70. The van der Waals surface area contributed by atoms with Crippen LogP contribution in [0.2, 0.25) is 0 Å². The van der Waals surface area contributed by atoms with Gasteiger partial charge in [-0.1, -0.05) is 78.9 Å². The fourth-order valence-electron chi connectivity index (χ4n) is 6.70. The van der Waals surface area contributed by atoms with Crippen molar-refractivity contribution in [2.45, 2.75) is 65.1 Å². The number of ether oxygens (including phenoxy) is 1. The van der Waals surface area contributed by atoms with Crippen molar-refractivity contribution in [2.75, 3.05) is 11.4 Å². The highest BCUT2D eigenvalue weighted by Gasteiger charge is 2.41. The van der Waals surface area contributed by atoms with Crippen LogP contribution in [0.15, 0.2) is 97.1 Å². The van der Waals surface area contributed by atoms with Gasteiger partial charge in [-0.15, -0.1) is 10.2 Å². The molecule has 1 unspecified atom stereocenters. The smallest absolute Gasteiger partial charge is 0.435 e. The van der Waals surface area contributed by atoms with Crippen molar-refractivity contribution in [3.05, 3.63) is 126 Å². The molecule has 0 aliphatic carbocycles. The van der Waals surface area contributed by atoms with E-state index < -0.39 is 47.6 Å². The second kappa shape index (κ2) is 14.3. The lowest BCUT2D eigenvalue weighted by molar-refractivity contribution is -0.133. The standard InChI is InChI=1S/C41H39F2N7O4/c1-25(2)47(23-26-14-8-6-9-15-26)36(51)24-48-34-21-30(42)31(43)22-35(34)49-37(27-16-10-7-11-17-27)44-45-38(49)29(39(48)52)20-32-28-18-12-13-19-33(28)50(46-32)40(53)54-41(3,4)5/h6-19,21-22,25,29H,20,23-24H2,1-5H3. The summed E-state index contributed by atoms with van der Waals surface area (Å²) >= 11 is 0. The third-order valence-corrected chi connectivity index (χ3v) is 9.21. The van der Waals surface area contributed by atoms with Gasteiger partial charge < -0.3 is 14.5 Å². The molecule has 1 aliphatic rings. The SMILES string of the molecule is CC(C)N(Cc1ccccc1)C(=O)CN1C(=O)C(Cc2nn(C(=O)OC(C)(C)C)c3ccccc23)c2nnc(-c3ccccc3)n2-c2cc(F)c(F)cc21. The Hall–Kier alpha value is -6.24. The van der Waals surface area contributed by atoms with Crippen LogP contribution in [0, 0.1) is 11.6 Å². The van der Waals surface area contributed by atoms with Crippen molar-refractivity contribution in [1.29, 1.82) is 0 Å². The number of fused-ring (bicyclic) bond motifs is 4. The first-order valence-electron chi connectivity index (χ1n) is 17.7. The molecule has 0 spiro atoms. The Morgan fingerprint density at radius 1 is 0.870 bits per heavy atom. The van der Waals surface area contributed by atoms with E-state index in [0.29, 0.717) is 22.2 Å². The molecule has 2 amide bonds. The Morgan fingerprint density at radius 3 is 2.17 bits per heavy atom. The fraction of sp³-hybridized carbons (Fsp3) is 0.268. The van der Waals surface area contributed by atoms with E-state index in [9.17, 15) is 9.59 Å². The number of halogens is 2. The molecule has 54 heavy (non-hydrogen) atoms. The average Bonchev–Trinajstić information content (AvgIpc) is 3.73. The third-order valence-electron chi connectivity index (χ3n) is 9.21. The Balaban J connectivity index is 1.39. The van der Waals surface area contributed by atoms with Crippen molar-refractivity contribution in [2.24, 2.45) is 0 Å². The van der Waals surface area contributed by atoms with Crippen LogP contribution in [0.5, 0.6) is 0 Å². The van der Waals surface area contributed by atoms with E-state index in [1.165, 1.54) is 9.47 Å². The number of hydrogen-bond donors (Lipinski definition) is 0. The summed E-state index contributed by atoms with van der Waals surface area (Å²) < 4.78 is 38.9. The van der Waals surface area contributed by atoms with Gasteiger partial charge >= 0.3 is 6.09 Å². The van der Waals surface area contributed by atoms with Gasteiger partial charge in [0.25, 0.3) is 0 Å². The third kappa shape index (κ3) is 6.96. The van der Waals surface area contributed by atoms with Crippen molar-refractivity contribution in [3.63, 3.8) is 0 Å². The summed E-state index contributed by atoms with van der Waals surface area (Å²) in [5.74, 6) is -4.13. The highest BCUT2D eigenvalue weighted by molar-refractivity contribution is 6.05. The molecule has 11 nitrogen and oxygen atoms in total. The zero-order chi connectivity index (χ0) is 38.3. The highest BCUT2D eigenvalue weighted by atomic mass is 19.2. The second-order valence-corrected chi connectivity index (χ2v) is 14.5. The first-order valence-corrected chi connectivity index (χ1v) is 17.7. The molecule has 1 aliphatic heterocycles. The minimum absolute atomic E-state index is 0.0273. The van der Waals surface area contributed by atoms with Gasteiger partial charge in [0.2, 0.25) is 11.8 Å². The predicted octanol–water partition coefficient (Wildman–Crippen LogP) is 7.46. The van der Waals surface area contributed by atoms with Crippen LogP contribution in [-0.4, -0.2) is 65.5 Å². The van der Waals surface area contributed by atoms with Gasteiger partial charge in [0.1, 0.15) is 18.1 Å². The van der Waals surface area contributed by atoms with Crippen LogP contribution < -0.4 is 4.90 Å². The average molecular weight is 732 g/mol. The van der Waals surface area contributed by atoms with E-state index in [1.807, 2.05) is 50.2 Å². The minimum atomic E-state index is -1.19. The predicted molar refractivity (Wildman–Crippen MR) is 199 cm³/mol. The van der Waals surface area contributed by atoms with Gasteiger partial charge in [-0.3, -0.25) is 14.2 Å². The molecule has 0 N–H and O–H groups in total. The molecule has 0 saturated carbocycles. The topological polar surface area (TPSA) is 115 Å². The molecule has 1 atom stereocenters. The first-order chi connectivity index (χ1) is 25.8. The lowest BCUT2D eigenvalue weighted by Gasteiger charge is -2.31. The summed E-state index contributed by atoms with van der Waals surface area (Å²) in [5, 5.41) is 14.2. The summed E-state index contributed by atoms with van der Waals surface area (Å²) in [6, 6.07) is 27.2. The molecule has 0 bridgehead atoms. The number of rotatable bonds is 8. The minimum Gasteiger partial charge on any atom is -0.442 e. The van der Waals surface area contributed by atoms with Crippen molar-refractivity contribution in [1.82, 2.24) is 29.4 Å². The maximum Gasteiger partial charge on any atom is 0.435 e. The van der Waals surface area contributed by atoms with Crippen molar-refractivity contribution >= 4 is 34.5 Å². The molecule has 4 aromatic carbocycles. The summed E-state index contributed by atoms with van der Waals surface area (Å²) in [6.45, 7) is 8.78. The molecular weight excluding hydrogens is 692 g/mol. The van der Waals surface area contributed by atoms with Gasteiger partial charge in [-0.05, 0) is 46.2 Å². The van der Waals surface area contributed by atoms with Crippen LogP contribution in [0.4, 0.5) is 19.3 Å². The van der Waals surface area contributed by atoms with Gasteiger partial charge in [-0.25, -0.2) is 13.6 Å². The number of carbonyl (C=O) groups is 3. The number of benzene rings is 4. The second-order valence-electron chi connectivity index (χ2n) is 14.5. The van der Waals surface area contributed by atoms with E-state index in [0.717, 1.165) is 22.4 Å². The lowest BCUT2D eigenvalue weighted by Crippen LogP contribution is -2.46. The van der Waals surface area contributed by atoms with Gasteiger partial charge in [-0.2, -0.15) is 9.78 Å². The molecule has 0 fully saturated rings.